The van der Waals surface area contributed by atoms with E-state index in [-0.39, 0.29) is 42.5 Å². The molecule has 0 aliphatic heterocycles. The van der Waals surface area contributed by atoms with E-state index in [9.17, 15) is 4.79 Å². The number of hydrogen-bond acceptors (Lipinski definition) is 3. The first-order valence-electron chi connectivity index (χ1n) is 10.1. The van der Waals surface area contributed by atoms with Crippen molar-refractivity contribution >= 4 is 35.8 Å². The number of amides is 1. The maximum Gasteiger partial charge on any atom is 0.239 e. The minimum absolute atomic E-state index is 0. The lowest BCUT2D eigenvalue weighted by Crippen LogP contribution is -2.46. The van der Waals surface area contributed by atoms with E-state index in [1.807, 2.05) is 18.2 Å². The summed E-state index contributed by atoms with van der Waals surface area (Å²) >= 11 is 0. The van der Waals surface area contributed by atoms with Crippen LogP contribution in [-0.2, 0) is 9.53 Å². The molecule has 0 heterocycles. The molecule has 28 heavy (non-hydrogen) atoms. The van der Waals surface area contributed by atoms with Crippen LogP contribution in [0, 0.1) is 0 Å². The molecule has 2 rings (SSSR count). The van der Waals surface area contributed by atoms with Gasteiger partial charge in [0.1, 0.15) is 0 Å². The van der Waals surface area contributed by atoms with Crippen molar-refractivity contribution in [1.29, 1.82) is 0 Å². The van der Waals surface area contributed by atoms with Gasteiger partial charge in [0.25, 0.3) is 0 Å². The van der Waals surface area contributed by atoms with Crippen molar-refractivity contribution < 1.29 is 9.53 Å². The topological polar surface area (TPSA) is 74.8 Å². The standard InChI is InChI=1S/C21H34N4O2.HI/c1-17(18-10-5-3-6-11-18)27-15-9-14-23-21(22-2)24-16-20(26)25-19-12-7-4-8-13-19;/h3,5-6,10-11,17,19H,4,7-9,12-16H2,1-2H3,(H,25,26)(H2,22,23,24);1H. The predicted octanol–water partition coefficient (Wildman–Crippen LogP) is 3.39. The fourth-order valence-electron chi connectivity index (χ4n) is 3.27. The number of benzene rings is 1. The van der Waals surface area contributed by atoms with Crippen LogP contribution in [0.25, 0.3) is 0 Å². The van der Waals surface area contributed by atoms with Gasteiger partial charge in [-0.1, -0.05) is 49.6 Å². The molecule has 1 aliphatic carbocycles. The highest BCUT2D eigenvalue weighted by Gasteiger charge is 2.15. The summed E-state index contributed by atoms with van der Waals surface area (Å²) in [5.41, 5.74) is 1.19. The molecule has 1 aliphatic rings. The number of carbonyl (C=O) groups is 1. The molecule has 1 aromatic carbocycles. The molecule has 1 saturated carbocycles. The average Bonchev–Trinajstić information content (AvgIpc) is 2.71. The summed E-state index contributed by atoms with van der Waals surface area (Å²) in [4.78, 5) is 16.2. The quantitative estimate of drug-likeness (QED) is 0.210. The third kappa shape index (κ3) is 9.73. The molecule has 0 spiro atoms. The van der Waals surface area contributed by atoms with Crippen LogP contribution >= 0.6 is 24.0 Å². The second-order valence-corrected chi connectivity index (χ2v) is 7.03. The summed E-state index contributed by atoms with van der Waals surface area (Å²) in [6.45, 7) is 3.72. The molecule has 0 bridgehead atoms. The van der Waals surface area contributed by atoms with Gasteiger partial charge in [-0.2, -0.15) is 0 Å². The SMILES string of the molecule is CN=C(NCCCOC(C)c1ccccc1)NCC(=O)NC1CCCCC1.I. The highest BCUT2D eigenvalue weighted by molar-refractivity contribution is 14.0. The second kappa shape index (κ2) is 14.6. The number of ether oxygens (including phenoxy) is 1. The number of nitrogens with zero attached hydrogens (tertiary/aromatic N) is 1. The second-order valence-electron chi connectivity index (χ2n) is 7.03. The van der Waals surface area contributed by atoms with Crippen LogP contribution in [0.2, 0.25) is 0 Å². The van der Waals surface area contributed by atoms with E-state index < -0.39 is 0 Å². The van der Waals surface area contributed by atoms with Gasteiger partial charge in [0.05, 0.1) is 12.6 Å². The minimum Gasteiger partial charge on any atom is -0.374 e. The summed E-state index contributed by atoms with van der Waals surface area (Å²) in [6, 6.07) is 10.5. The lowest BCUT2D eigenvalue weighted by molar-refractivity contribution is -0.120. The predicted molar refractivity (Wildman–Crippen MR) is 125 cm³/mol. The first-order valence-corrected chi connectivity index (χ1v) is 10.1. The number of guanidine groups is 1. The molecular weight excluding hydrogens is 467 g/mol. The molecule has 1 amide bonds. The van der Waals surface area contributed by atoms with Crippen molar-refractivity contribution in [2.45, 2.75) is 57.6 Å². The zero-order valence-electron chi connectivity index (χ0n) is 17.1. The van der Waals surface area contributed by atoms with Crippen LogP contribution in [0.15, 0.2) is 35.3 Å². The monoisotopic (exact) mass is 502 g/mol. The van der Waals surface area contributed by atoms with Crippen LogP contribution < -0.4 is 16.0 Å². The molecule has 158 valence electrons. The Bertz CT molecular complexity index is 577. The normalized spacial score (nSPS) is 16.0. The molecule has 6 nitrogen and oxygen atoms in total. The Morgan fingerprint density at radius 1 is 1.18 bits per heavy atom. The highest BCUT2D eigenvalue weighted by atomic mass is 127. The average molecular weight is 502 g/mol. The van der Waals surface area contributed by atoms with Gasteiger partial charge in [-0.25, -0.2) is 0 Å². The van der Waals surface area contributed by atoms with Gasteiger partial charge in [0, 0.05) is 26.2 Å². The van der Waals surface area contributed by atoms with Gasteiger partial charge in [0.15, 0.2) is 5.96 Å². The summed E-state index contributed by atoms with van der Waals surface area (Å²) < 4.78 is 5.86. The van der Waals surface area contributed by atoms with E-state index in [1.165, 1.54) is 24.8 Å². The Hall–Kier alpha value is -1.35. The molecular formula is C21H35IN4O2. The zero-order chi connectivity index (χ0) is 19.3. The molecule has 0 aromatic heterocycles. The van der Waals surface area contributed by atoms with Gasteiger partial charge in [0.2, 0.25) is 5.91 Å². The third-order valence-corrected chi connectivity index (χ3v) is 4.86. The van der Waals surface area contributed by atoms with Gasteiger partial charge < -0.3 is 20.7 Å². The molecule has 0 radical (unpaired) electrons. The first kappa shape index (κ1) is 24.7. The van der Waals surface area contributed by atoms with Crippen molar-refractivity contribution in [3.8, 4) is 0 Å². The number of hydrogen-bond donors (Lipinski definition) is 3. The molecule has 1 fully saturated rings. The van der Waals surface area contributed by atoms with Crippen molar-refractivity contribution in [3.05, 3.63) is 35.9 Å². The Kier molecular flexibility index (Phi) is 12.9. The summed E-state index contributed by atoms with van der Waals surface area (Å²) in [7, 11) is 1.71. The first-order chi connectivity index (χ1) is 13.2. The van der Waals surface area contributed by atoms with E-state index in [0.717, 1.165) is 25.8 Å². The number of nitrogens with one attached hydrogen (secondary N) is 3. The van der Waals surface area contributed by atoms with Crippen LogP contribution in [0.4, 0.5) is 0 Å². The Labute approximate surface area is 186 Å². The number of halogens is 1. The van der Waals surface area contributed by atoms with Crippen LogP contribution in [-0.4, -0.2) is 44.7 Å². The zero-order valence-corrected chi connectivity index (χ0v) is 19.4. The van der Waals surface area contributed by atoms with Gasteiger partial charge in [-0.3, -0.25) is 9.79 Å². The fraction of sp³-hybridized carbons (Fsp3) is 0.619. The highest BCUT2D eigenvalue weighted by Crippen LogP contribution is 2.17. The van der Waals surface area contributed by atoms with Crippen LogP contribution in [0.1, 0.15) is 57.1 Å². The van der Waals surface area contributed by atoms with Crippen LogP contribution in [0.5, 0.6) is 0 Å². The van der Waals surface area contributed by atoms with E-state index in [1.54, 1.807) is 7.05 Å². The molecule has 1 atom stereocenters. The summed E-state index contributed by atoms with van der Waals surface area (Å²) in [5, 5.41) is 9.39. The van der Waals surface area contributed by atoms with Gasteiger partial charge in [-0.05, 0) is 31.7 Å². The molecule has 7 heteroatoms. The Morgan fingerprint density at radius 3 is 2.57 bits per heavy atom. The van der Waals surface area contributed by atoms with Crippen molar-refractivity contribution in [1.82, 2.24) is 16.0 Å². The van der Waals surface area contributed by atoms with Crippen molar-refractivity contribution in [2.75, 3.05) is 26.7 Å². The van der Waals surface area contributed by atoms with Crippen LogP contribution in [0.3, 0.4) is 0 Å². The summed E-state index contributed by atoms with van der Waals surface area (Å²) in [5.74, 6) is 0.676. The molecule has 3 N–H and O–H groups in total. The van der Waals surface area contributed by atoms with Gasteiger partial charge in [-0.15, -0.1) is 24.0 Å². The lowest BCUT2D eigenvalue weighted by Gasteiger charge is -2.23. The molecule has 1 unspecified atom stereocenters. The van der Waals surface area contributed by atoms with E-state index in [4.69, 9.17) is 4.74 Å². The van der Waals surface area contributed by atoms with Gasteiger partial charge >= 0.3 is 0 Å². The van der Waals surface area contributed by atoms with E-state index in [2.05, 4.69) is 40.0 Å². The maximum atomic E-state index is 12.0. The van der Waals surface area contributed by atoms with Crippen molar-refractivity contribution in [3.63, 3.8) is 0 Å². The minimum atomic E-state index is 0. The van der Waals surface area contributed by atoms with E-state index >= 15 is 0 Å². The van der Waals surface area contributed by atoms with E-state index in [0.29, 0.717) is 18.6 Å². The largest absolute Gasteiger partial charge is 0.374 e. The third-order valence-electron chi connectivity index (χ3n) is 4.86. The summed E-state index contributed by atoms with van der Waals surface area (Å²) in [6.07, 6.45) is 6.87. The molecule has 0 saturated heterocycles. The fourth-order valence-corrected chi connectivity index (χ4v) is 3.27. The molecule has 1 aromatic rings. The number of carbonyl (C=O) groups excluding carboxylic acids is 1. The Balaban J connectivity index is 0.00000392. The Morgan fingerprint density at radius 2 is 1.89 bits per heavy atom. The van der Waals surface area contributed by atoms with Crippen molar-refractivity contribution in [2.24, 2.45) is 4.99 Å². The smallest absolute Gasteiger partial charge is 0.239 e. The number of aliphatic imine (C=N–C) groups is 1. The maximum absolute atomic E-state index is 12.0. The lowest BCUT2D eigenvalue weighted by atomic mass is 9.95. The number of rotatable bonds is 9.